The Bertz CT molecular complexity index is 2200. The minimum atomic E-state index is 0.167. The second-order valence-corrected chi connectivity index (χ2v) is 10.8. The van der Waals surface area contributed by atoms with E-state index in [4.69, 9.17) is 16.6 Å². The van der Waals surface area contributed by atoms with Crippen LogP contribution in [0.5, 0.6) is 0 Å². The second kappa shape index (κ2) is 8.73. The average Bonchev–Trinajstić information content (AvgIpc) is 3.53. The van der Waals surface area contributed by atoms with Gasteiger partial charge in [0.15, 0.2) is 5.82 Å². The van der Waals surface area contributed by atoms with E-state index in [1.54, 1.807) is 11.3 Å². The summed E-state index contributed by atoms with van der Waals surface area (Å²) in [5.41, 5.74) is 5.33. The van der Waals surface area contributed by atoms with Gasteiger partial charge in [0.25, 0.3) is 0 Å². The maximum Gasteiger partial charge on any atom is 0.239 e. The first-order valence-electron chi connectivity index (χ1n) is 12.7. The van der Waals surface area contributed by atoms with E-state index in [2.05, 4.69) is 118 Å². The van der Waals surface area contributed by atoms with Crippen LogP contribution >= 0.6 is 22.9 Å². The van der Waals surface area contributed by atoms with Crippen molar-refractivity contribution in [1.82, 2.24) is 19.5 Å². The van der Waals surface area contributed by atoms with E-state index in [1.165, 1.54) is 21.0 Å². The van der Waals surface area contributed by atoms with Crippen LogP contribution in [-0.2, 0) is 0 Å². The number of fused-ring (bicyclic) bond motifs is 6. The SMILES string of the molecule is Clc1nc(-c2cccc3c2sc2ccccc23)nc(-n2c3ccccc3c3cc(-c4ccccc4)ccc32)n1. The van der Waals surface area contributed by atoms with E-state index >= 15 is 0 Å². The van der Waals surface area contributed by atoms with Crippen LogP contribution in [0.3, 0.4) is 0 Å². The first-order chi connectivity index (χ1) is 19.2. The molecule has 6 heteroatoms. The average molecular weight is 539 g/mol. The Morgan fingerprint density at radius 3 is 2.21 bits per heavy atom. The molecule has 4 nitrogen and oxygen atoms in total. The van der Waals surface area contributed by atoms with Crippen molar-refractivity contribution in [3.63, 3.8) is 0 Å². The first kappa shape index (κ1) is 22.4. The van der Waals surface area contributed by atoms with Gasteiger partial charge in [0.2, 0.25) is 11.2 Å². The van der Waals surface area contributed by atoms with Crippen molar-refractivity contribution in [3.05, 3.63) is 121 Å². The summed E-state index contributed by atoms with van der Waals surface area (Å²) in [4.78, 5) is 14.2. The van der Waals surface area contributed by atoms with Gasteiger partial charge in [0, 0.05) is 36.5 Å². The quantitative estimate of drug-likeness (QED) is 0.225. The van der Waals surface area contributed by atoms with Gasteiger partial charge in [-0.3, -0.25) is 4.57 Å². The van der Waals surface area contributed by atoms with Crippen LogP contribution in [0.15, 0.2) is 115 Å². The molecule has 0 unspecified atom stereocenters. The summed E-state index contributed by atoms with van der Waals surface area (Å²) < 4.78 is 4.46. The molecule has 0 spiro atoms. The number of nitrogens with zero attached hydrogens (tertiary/aromatic N) is 4. The third kappa shape index (κ3) is 3.55. The second-order valence-electron chi connectivity index (χ2n) is 9.46. The third-order valence-corrected chi connectivity index (χ3v) is 8.61. The van der Waals surface area contributed by atoms with E-state index in [0.29, 0.717) is 11.8 Å². The molecule has 0 aliphatic carbocycles. The number of para-hydroxylation sites is 1. The summed E-state index contributed by atoms with van der Waals surface area (Å²) in [6.45, 7) is 0. The summed E-state index contributed by atoms with van der Waals surface area (Å²) in [6.07, 6.45) is 0. The zero-order chi connectivity index (χ0) is 25.9. The van der Waals surface area contributed by atoms with Gasteiger partial charge in [0.05, 0.1) is 11.0 Å². The highest BCUT2D eigenvalue weighted by Gasteiger charge is 2.19. The van der Waals surface area contributed by atoms with Crippen molar-refractivity contribution >= 4 is 64.9 Å². The molecule has 0 fully saturated rings. The van der Waals surface area contributed by atoms with Gasteiger partial charge in [-0.1, -0.05) is 84.9 Å². The number of benzene rings is 5. The number of hydrogen-bond donors (Lipinski definition) is 0. The molecule has 3 heterocycles. The Morgan fingerprint density at radius 1 is 0.564 bits per heavy atom. The molecule has 0 atom stereocenters. The lowest BCUT2D eigenvalue weighted by molar-refractivity contribution is 0.948. The van der Waals surface area contributed by atoms with Crippen LogP contribution in [0.2, 0.25) is 5.28 Å². The van der Waals surface area contributed by atoms with Gasteiger partial charge in [-0.2, -0.15) is 15.0 Å². The Hall–Kier alpha value is -4.58. The fraction of sp³-hybridized carbons (Fsp3) is 0. The molecule has 5 aromatic carbocycles. The summed E-state index contributed by atoms with van der Waals surface area (Å²) >= 11 is 8.33. The van der Waals surface area contributed by atoms with E-state index in [-0.39, 0.29) is 5.28 Å². The molecule has 0 amide bonds. The van der Waals surface area contributed by atoms with Crippen LogP contribution in [0.25, 0.3) is 70.4 Å². The van der Waals surface area contributed by atoms with E-state index in [9.17, 15) is 0 Å². The minimum absolute atomic E-state index is 0.167. The summed E-state index contributed by atoms with van der Waals surface area (Å²) in [5, 5.41) is 4.86. The maximum atomic E-state index is 6.58. The lowest BCUT2D eigenvalue weighted by Crippen LogP contribution is -2.04. The van der Waals surface area contributed by atoms with Gasteiger partial charge in [-0.15, -0.1) is 11.3 Å². The highest BCUT2D eigenvalue weighted by atomic mass is 35.5. The molecule has 0 aliphatic heterocycles. The smallest absolute Gasteiger partial charge is 0.239 e. The fourth-order valence-electron chi connectivity index (χ4n) is 5.48. The molecule has 0 saturated carbocycles. The topological polar surface area (TPSA) is 43.6 Å². The monoisotopic (exact) mass is 538 g/mol. The highest BCUT2D eigenvalue weighted by Crippen LogP contribution is 2.40. The van der Waals surface area contributed by atoms with Crippen molar-refractivity contribution in [2.75, 3.05) is 0 Å². The van der Waals surface area contributed by atoms with Crippen LogP contribution in [-0.4, -0.2) is 19.5 Å². The molecular formula is C33H19ClN4S. The molecule has 8 rings (SSSR count). The van der Waals surface area contributed by atoms with Crippen molar-refractivity contribution in [3.8, 4) is 28.5 Å². The van der Waals surface area contributed by atoms with E-state index < -0.39 is 0 Å². The Morgan fingerprint density at radius 2 is 1.31 bits per heavy atom. The highest BCUT2D eigenvalue weighted by molar-refractivity contribution is 7.26. The largest absolute Gasteiger partial charge is 0.278 e. The number of aromatic nitrogens is 4. The Labute approximate surface area is 232 Å². The number of rotatable bonds is 3. The molecule has 3 aromatic heterocycles. The van der Waals surface area contributed by atoms with Crippen molar-refractivity contribution in [2.45, 2.75) is 0 Å². The lowest BCUT2D eigenvalue weighted by atomic mass is 10.0. The fourth-order valence-corrected chi connectivity index (χ4v) is 6.85. The summed E-state index contributed by atoms with van der Waals surface area (Å²) in [6, 6.07) is 40.0. The van der Waals surface area contributed by atoms with Gasteiger partial charge in [-0.05, 0) is 53.1 Å². The molecule has 0 N–H and O–H groups in total. The van der Waals surface area contributed by atoms with Crippen LogP contribution in [0.1, 0.15) is 0 Å². The van der Waals surface area contributed by atoms with Crippen molar-refractivity contribution in [1.29, 1.82) is 0 Å². The van der Waals surface area contributed by atoms with Gasteiger partial charge >= 0.3 is 0 Å². The number of hydrogen-bond acceptors (Lipinski definition) is 4. The predicted molar refractivity (Wildman–Crippen MR) is 163 cm³/mol. The minimum Gasteiger partial charge on any atom is -0.278 e. The zero-order valence-corrected chi connectivity index (χ0v) is 22.1. The molecule has 0 bridgehead atoms. The lowest BCUT2D eigenvalue weighted by Gasteiger charge is -2.09. The Balaban J connectivity index is 1.37. The molecule has 8 aromatic rings. The third-order valence-electron chi connectivity index (χ3n) is 7.22. The molecule has 39 heavy (non-hydrogen) atoms. The Kier molecular flexibility index (Phi) is 5.02. The van der Waals surface area contributed by atoms with Gasteiger partial charge in [-0.25, -0.2) is 0 Å². The van der Waals surface area contributed by atoms with Gasteiger partial charge < -0.3 is 0 Å². The van der Waals surface area contributed by atoms with Crippen molar-refractivity contribution in [2.24, 2.45) is 0 Å². The van der Waals surface area contributed by atoms with E-state index in [0.717, 1.165) is 37.6 Å². The number of halogens is 1. The van der Waals surface area contributed by atoms with E-state index in [1.807, 2.05) is 12.1 Å². The maximum absolute atomic E-state index is 6.58. The summed E-state index contributed by atoms with van der Waals surface area (Å²) in [5.74, 6) is 1.07. The van der Waals surface area contributed by atoms with Crippen LogP contribution in [0, 0.1) is 0 Å². The molecule has 184 valence electrons. The van der Waals surface area contributed by atoms with Crippen LogP contribution < -0.4 is 0 Å². The predicted octanol–water partition coefficient (Wildman–Crippen LogP) is 9.32. The molecule has 0 radical (unpaired) electrons. The molecular weight excluding hydrogens is 520 g/mol. The number of thiophene rings is 1. The van der Waals surface area contributed by atoms with Crippen LogP contribution in [0.4, 0.5) is 0 Å². The summed E-state index contributed by atoms with van der Waals surface area (Å²) in [7, 11) is 0. The zero-order valence-electron chi connectivity index (χ0n) is 20.5. The normalized spacial score (nSPS) is 11.7. The van der Waals surface area contributed by atoms with Crippen molar-refractivity contribution < 1.29 is 0 Å². The first-order valence-corrected chi connectivity index (χ1v) is 13.9. The standard InChI is InChI=1S/C33H19ClN4S/c34-32-35-31(25-14-8-13-24-23-12-5-7-16-29(23)39-30(24)25)36-33(37-32)38-27-15-6-4-11-22(27)26-19-21(17-18-28(26)38)20-9-2-1-3-10-20/h1-19H. The molecule has 0 aliphatic rings. The van der Waals surface area contributed by atoms with Gasteiger partial charge in [0.1, 0.15) is 0 Å². The molecule has 0 saturated heterocycles.